The van der Waals surface area contributed by atoms with Crippen molar-refractivity contribution in [1.82, 2.24) is 4.98 Å². The highest BCUT2D eigenvalue weighted by Gasteiger charge is 2.17. The molecule has 1 heterocycles. The summed E-state index contributed by atoms with van der Waals surface area (Å²) in [5, 5.41) is 12.6. The summed E-state index contributed by atoms with van der Waals surface area (Å²) >= 11 is 6.34. The second-order valence-electron chi connectivity index (χ2n) is 4.14. The number of aromatic nitrogens is 1. The lowest BCUT2D eigenvalue weighted by atomic mass is 10.0. The van der Waals surface area contributed by atoms with Crippen molar-refractivity contribution >= 4 is 28.2 Å². The zero-order chi connectivity index (χ0) is 13.4. The molecule has 0 saturated carbocycles. The number of nitrogens with zero attached hydrogens (tertiary/aromatic N) is 1. The number of halogens is 1. The largest absolute Gasteiger partial charge is 0.360 e. The molecule has 0 bridgehead atoms. The number of aromatic amines is 1. The van der Waals surface area contributed by atoms with E-state index in [-0.39, 0.29) is 5.69 Å². The molecule has 0 unspecified atom stereocenters. The third kappa shape index (κ3) is 1.86. The van der Waals surface area contributed by atoms with Gasteiger partial charge in [0.1, 0.15) is 0 Å². The standard InChI is InChI=1S/C14H9ClN2O2/c15-13-11(6-5-9-7-8-16-14(9)13)10-3-1-2-4-12(10)17(18)19/h1-8,16H. The highest BCUT2D eigenvalue weighted by molar-refractivity contribution is 6.38. The van der Waals surface area contributed by atoms with Gasteiger partial charge >= 0.3 is 0 Å². The first-order chi connectivity index (χ1) is 9.18. The molecule has 0 aliphatic carbocycles. The van der Waals surface area contributed by atoms with Gasteiger partial charge in [-0.05, 0) is 12.1 Å². The van der Waals surface area contributed by atoms with Crippen molar-refractivity contribution in [2.75, 3.05) is 0 Å². The molecule has 0 fully saturated rings. The van der Waals surface area contributed by atoms with Gasteiger partial charge in [0.15, 0.2) is 0 Å². The summed E-state index contributed by atoms with van der Waals surface area (Å²) in [4.78, 5) is 13.7. The Morgan fingerprint density at radius 1 is 1.05 bits per heavy atom. The molecule has 0 aliphatic heterocycles. The van der Waals surface area contributed by atoms with E-state index >= 15 is 0 Å². The van der Waals surface area contributed by atoms with Crippen LogP contribution in [0.25, 0.3) is 22.0 Å². The number of nitro groups is 1. The lowest BCUT2D eigenvalue weighted by Crippen LogP contribution is -1.92. The highest BCUT2D eigenvalue weighted by Crippen LogP contribution is 2.37. The van der Waals surface area contributed by atoms with Crippen LogP contribution in [0.3, 0.4) is 0 Å². The molecule has 0 spiro atoms. The smallest absolute Gasteiger partial charge is 0.277 e. The SMILES string of the molecule is O=[N+]([O-])c1ccccc1-c1ccc2cc[nH]c2c1Cl. The summed E-state index contributed by atoms with van der Waals surface area (Å²) in [7, 11) is 0. The Morgan fingerprint density at radius 2 is 1.84 bits per heavy atom. The van der Waals surface area contributed by atoms with Gasteiger partial charge in [-0.3, -0.25) is 10.1 Å². The summed E-state index contributed by atoms with van der Waals surface area (Å²) in [5.41, 5.74) is 2.02. The van der Waals surface area contributed by atoms with Crippen molar-refractivity contribution < 1.29 is 4.92 Å². The van der Waals surface area contributed by atoms with Crippen LogP contribution < -0.4 is 0 Å². The highest BCUT2D eigenvalue weighted by atomic mass is 35.5. The number of hydrogen-bond donors (Lipinski definition) is 1. The Kier molecular flexibility index (Phi) is 2.72. The quantitative estimate of drug-likeness (QED) is 0.555. The van der Waals surface area contributed by atoms with Crippen LogP contribution in [0.15, 0.2) is 48.7 Å². The molecule has 5 heteroatoms. The van der Waals surface area contributed by atoms with Gasteiger partial charge in [-0.25, -0.2) is 0 Å². The molecule has 1 N–H and O–H groups in total. The van der Waals surface area contributed by atoms with Gasteiger partial charge < -0.3 is 4.98 Å². The van der Waals surface area contributed by atoms with Gasteiger partial charge in [-0.15, -0.1) is 0 Å². The Morgan fingerprint density at radius 3 is 2.63 bits per heavy atom. The van der Waals surface area contributed by atoms with Crippen molar-refractivity contribution in [3.05, 3.63) is 63.8 Å². The number of nitrogens with one attached hydrogen (secondary N) is 1. The first-order valence-corrected chi connectivity index (χ1v) is 6.05. The average Bonchev–Trinajstić information content (AvgIpc) is 2.88. The normalized spacial score (nSPS) is 10.8. The van der Waals surface area contributed by atoms with Gasteiger partial charge in [0.05, 0.1) is 21.0 Å². The van der Waals surface area contributed by atoms with E-state index in [9.17, 15) is 10.1 Å². The minimum Gasteiger partial charge on any atom is -0.360 e. The van der Waals surface area contributed by atoms with E-state index in [1.165, 1.54) is 6.07 Å². The number of para-hydroxylation sites is 1. The summed E-state index contributed by atoms with van der Waals surface area (Å²) in [5.74, 6) is 0. The molecule has 4 nitrogen and oxygen atoms in total. The van der Waals surface area contributed by atoms with Crippen LogP contribution in [-0.2, 0) is 0 Å². The van der Waals surface area contributed by atoms with Crippen LogP contribution in [0.5, 0.6) is 0 Å². The molecule has 0 atom stereocenters. The Balaban J connectivity index is 2.30. The molecule has 0 saturated heterocycles. The van der Waals surface area contributed by atoms with E-state index in [2.05, 4.69) is 4.98 Å². The van der Waals surface area contributed by atoms with Crippen molar-refractivity contribution in [2.45, 2.75) is 0 Å². The number of fused-ring (bicyclic) bond motifs is 1. The van der Waals surface area contributed by atoms with Crippen molar-refractivity contribution in [3.8, 4) is 11.1 Å². The molecule has 3 rings (SSSR count). The van der Waals surface area contributed by atoms with Crippen molar-refractivity contribution in [3.63, 3.8) is 0 Å². The van der Waals surface area contributed by atoms with Gasteiger partial charge in [0.25, 0.3) is 5.69 Å². The van der Waals surface area contributed by atoms with Crippen LogP contribution in [0.4, 0.5) is 5.69 Å². The zero-order valence-corrected chi connectivity index (χ0v) is 10.5. The maximum atomic E-state index is 11.1. The van der Waals surface area contributed by atoms with Gasteiger partial charge in [-0.1, -0.05) is 35.9 Å². The van der Waals surface area contributed by atoms with Crippen LogP contribution in [-0.4, -0.2) is 9.91 Å². The van der Waals surface area contributed by atoms with Crippen molar-refractivity contribution in [1.29, 1.82) is 0 Å². The Bertz CT molecular complexity index is 780. The second kappa shape index (κ2) is 4.40. The number of hydrogen-bond acceptors (Lipinski definition) is 2. The van der Waals surface area contributed by atoms with Crippen LogP contribution in [0, 0.1) is 10.1 Å². The summed E-state index contributed by atoms with van der Waals surface area (Å²) in [6, 6.07) is 12.2. The molecule has 0 radical (unpaired) electrons. The fourth-order valence-corrected chi connectivity index (χ4v) is 2.49. The molecular weight excluding hydrogens is 264 g/mol. The van der Waals surface area contributed by atoms with Crippen molar-refractivity contribution in [2.24, 2.45) is 0 Å². The lowest BCUT2D eigenvalue weighted by molar-refractivity contribution is -0.384. The zero-order valence-electron chi connectivity index (χ0n) is 9.76. The molecule has 1 aromatic heterocycles. The van der Waals surface area contributed by atoms with Crippen LogP contribution in [0.1, 0.15) is 0 Å². The molecule has 2 aromatic carbocycles. The maximum absolute atomic E-state index is 11.1. The van der Waals surface area contributed by atoms with Crippen LogP contribution in [0.2, 0.25) is 5.02 Å². The number of nitro benzene ring substituents is 1. The van der Waals surface area contributed by atoms with Crippen LogP contribution >= 0.6 is 11.6 Å². The fraction of sp³-hybridized carbons (Fsp3) is 0. The Hall–Kier alpha value is -2.33. The van der Waals surface area contributed by atoms with Gasteiger partial charge in [0.2, 0.25) is 0 Å². The predicted molar refractivity (Wildman–Crippen MR) is 75.4 cm³/mol. The Labute approximate surface area is 113 Å². The topological polar surface area (TPSA) is 58.9 Å². The number of rotatable bonds is 2. The minimum atomic E-state index is -0.398. The monoisotopic (exact) mass is 272 g/mol. The van der Waals surface area contributed by atoms with Gasteiger partial charge in [0, 0.05) is 23.2 Å². The third-order valence-electron chi connectivity index (χ3n) is 3.06. The molecule has 19 heavy (non-hydrogen) atoms. The van der Waals surface area contributed by atoms with E-state index in [0.717, 1.165) is 10.9 Å². The van der Waals surface area contributed by atoms with E-state index in [1.54, 1.807) is 30.5 Å². The maximum Gasteiger partial charge on any atom is 0.277 e. The molecule has 0 amide bonds. The lowest BCUT2D eigenvalue weighted by Gasteiger charge is -2.06. The predicted octanol–water partition coefficient (Wildman–Crippen LogP) is 4.40. The molecular formula is C14H9ClN2O2. The third-order valence-corrected chi connectivity index (χ3v) is 3.45. The van der Waals surface area contributed by atoms with E-state index in [0.29, 0.717) is 16.1 Å². The summed E-state index contributed by atoms with van der Waals surface area (Å²) in [6.07, 6.45) is 1.79. The molecule has 3 aromatic rings. The second-order valence-corrected chi connectivity index (χ2v) is 4.52. The van der Waals surface area contributed by atoms with E-state index in [4.69, 9.17) is 11.6 Å². The van der Waals surface area contributed by atoms with E-state index in [1.807, 2.05) is 12.1 Å². The minimum absolute atomic E-state index is 0.0512. The molecule has 94 valence electrons. The average molecular weight is 273 g/mol. The fourth-order valence-electron chi connectivity index (χ4n) is 2.16. The first kappa shape index (κ1) is 11.7. The first-order valence-electron chi connectivity index (χ1n) is 5.68. The summed E-state index contributed by atoms with van der Waals surface area (Å²) < 4.78 is 0. The van der Waals surface area contributed by atoms with Gasteiger partial charge in [-0.2, -0.15) is 0 Å². The number of H-pyrrole nitrogens is 1. The number of benzene rings is 2. The van der Waals surface area contributed by atoms with E-state index < -0.39 is 4.92 Å². The summed E-state index contributed by atoms with van der Waals surface area (Å²) in [6.45, 7) is 0. The molecule has 0 aliphatic rings.